The van der Waals surface area contributed by atoms with Crippen LogP contribution in [0.4, 0.5) is 11.4 Å². The highest BCUT2D eigenvalue weighted by Gasteiger charge is 2.19. The van der Waals surface area contributed by atoms with Gasteiger partial charge in [-0.2, -0.15) is 0 Å². The molecule has 0 aromatic heterocycles. The topological polar surface area (TPSA) is 111 Å². The van der Waals surface area contributed by atoms with E-state index in [4.69, 9.17) is 16.2 Å². The van der Waals surface area contributed by atoms with Crippen LogP contribution in [-0.2, 0) is 4.79 Å². The number of aliphatic hydroxyl groups is 1. The first-order valence-electron chi connectivity index (χ1n) is 5.13. The lowest BCUT2D eigenvalue weighted by Crippen LogP contribution is -2.43. The molecule has 0 heterocycles. The van der Waals surface area contributed by atoms with Gasteiger partial charge in [0.2, 0.25) is 5.91 Å². The molecule has 0 aliphatic rings. The van der Waals surface area contributed by atoms with E-state index < -0.39 is 18.1 Å². The minimum absolute atomic E-state index is 0.400. The fraction of sp³-hybridized carbons (Fsp3) is 0.364. The average molecular weight is 239 g/mol. The number of anilines is 2. The molecule has 1 amide bonds. The van der Waals surface area contributed by atoms with Crippen molar-refractivity contribution in [2.45, 2.75) is 19.1 Å². The SMILES string of the molecule is COc1ccc(N)c(NC(=O)C(N)C(C)O)c1. The quantitative estimate of drug-likeness (QED) is 0.549. The second-order valence-corrected chi connectivity index (χ2v) is 3.71. The Morgan fingerprint density at radius 3 is 2.71 bits per heavy atom. The van der Waals surface area contributed by atoms with Gasteiger partial charge in [-0.05, 0) is 19.1 Å². The molecular weight excluding hydrogens is 222 g/mol. The summed E-state index contributed by atoms with van der Waals surface area (Å²) in [6.45, 7) is 1.44. The van der Waals surface area contributed by atoms with Crippen molar-refractivity contribution in [3.8, 4) is 5.75 Å². The van der Waals surface area contributed by atoms with Crippen molar-refractivity contribution >= 4 is 17.3 Å². The molecule has 0 bridgehead atoms. The van der Waals surface area contributed by atoms with Gasteiger partial charge in [0, 0.05) is 6.07 Å². The van der Waals surface area contributed by atoms with Crippen molar-refractivity contribution in [2.75, 3.05) is 18.2 Å². The van der Waals surface area contributed by atoms with Crippen LogP contribution >= 0.6 is 0 Å². The Bertz CT molecular complexity index is 407. The van der Waals surface area contributed by atoms with Crippen LogP contribution in [0.1, 0.15) is 6.92 Å². The molecule has 6 N–H and O–H groups in total. The van der Waals surface area contributed by atoms with Gasteiger partial charge >= 0.3 is 0 Å². The summed E-state index contributed by atoms with van der Waals surface area (Å²) in [6.07, 6.45) is -0.929. The molecular formula is C11H17N3O3. The molecule has 2 atom stereocenters. The van der Waals surface area contributed by atoms with E-state index in [1.165, 1.54) is 14.0 Å². The Hall–Kier alpha value is -1.79. The van der Waals surface area contributed by atoms with E-state index in [1.807, 2.05) is 0 Å². The Labute approximate surface area is 99.6 Å². The lowest BCUT2D eigenvalue weighted by molar-refractivity contribution is -0.119. The Balaban J connectivity index is 2.84. The van der Waals surface area contributed by atoms with E-state index in [2.05, 4.69) is 5.32 Å². The van der Waals surface area contributed by atoms with Gasteiger partial charge in [-0.15, -0.1) is 0 Å². The monoisotopic (exact) mass is 239 g/mol. The molecule has 6 heteroatoms. The van der Waals surface area contributed by atoms with E-state index in [1.54, 1.807) is 18.2 Å². The summed E-state index contributed by atoms with van der Waals surface area (Å²) in [5.74, 6) is 0.0695. The lowest BCUT2D eigenvalue weighted by Gasteiger charge is -2.16. The minimum Gasteiger partial charge on any atom is -0.497 e. The van der Waals surface area contributed by atoms with E-state index in [0.717, 1.165) is 0 Å². The maximum atomic E-state index is 11.6. The fourth-order valence-corrected chi connectivity index (χ4v) is 1.21. The van der Waals surface area contributed by atoms with Gasteiger partial charge in [0.05, 0.1) is 24.6 Å². The largest absolute Gasteiger partial charge is 0.497 e. The van der Waals surface area contributed by atoms with Crippen LogP contribution in [0.5, 0.6) is 5.75 Å². The lowest BCUT2D eigenvalue weighted by atomic mass is 10.1. The summed E-state index contributed by atoms with van der Waals surface area (Å²) < 4.78 is 5.01. The van der Waals surface area contributed by atoms with Crippen molar-refractivity contribution in [1.29, 1.82) is 0 Å². The van der Waals surface area contributed by atoms with Gasteiger partial charge in [-0.25, -0.2) is 0 Å². The first-order valence-corrected chi connectivity index (χ1v) is 5.13. The molecule has 6 nitrogen and oxygen atoms in total. The molecule has 1 aromatic carbocycles. The Kier molecular flexibility index (Phi) is 4.30. The summed E-state index contributed by atoms with van der Waals surface area (Å²) >= 11 is 0. The maximum Gasteiger partial charge on any atom is 0.244 e. The second kappa shape index (κ2) is 5.51. The number of ether oxygens (including phenoxy) is 1. The van der Waals surface area contributed by atoms with E-state index in [0.29, 0.717) is 17.1 Å². The number of rotatable bonds is 4. The molecule has 0 aliphatic carbocycles. The molecule has 94 valence electrons. The number of methoxy groups -OCH3 is 1. The van der Waals surface area contributed by atoms with Crippen LogP contribution < -0.4 is 21.5 Å². The van der Waals surface area contributed by atoms with Crippen LogP contribution in [0.2, 0.25) is 0 Å². The number of amides is 1. The molecule has 2 unspecified atom stereocenters. The zero-order valence-electron chi connectivity index (χ0n) is 9.81. The Morgan fingerprint density at radius 1 is 1.53 bits per heavy atom. The molecule has 0 saturated heterocycles. The number of benzene rings is 1. The fourth-order valence-electron chi connectivity index (χ4n) is 1.21. The van der Waals surface area contributed by atoms with Crippen LogP contribution in [0.25, 0.3) is 0 Å². The van der Waals surface area contributed by atoms with Crippen LogP contribution in [0, 0.1) is 0 Å². The van der Waals surface area contributed by atoms with Gasteiger partial charge in [0.15, 0.2) is 0 Å². The number of hydrogen-bond donors (Lipinski definition) is 4. The minimum atomic E-state index is -0.999. The van der Waals surface area contributed by atoms with Crippen LogP contribution in [0.15, 0.2) is 18.2 Å². The summed E-state index contributed by atoms with van der Waals surface area (Å²) in [5.41, 5.74) is 12.0. The van der Waals surface area contributed by atoms with Crippen molar-refractivity contribution in [3.63, 3.8) is 0 Å². The third-order valence-corrected chi connectivity index (χ3v) is 2.34. The highest BCUT2D eigenvalue weighted by atomic mass is 16.5. The number of nitrogens with two attached hydrogens (primary N) is 2. The summed E-state index contributed by atoms with van der Waals surface area (Å²) in [7, 11) is 1.51. The predicted molar refractivity (Wildman–Crippen MR) is 65.7 cm³/mol. The molecule has 0 radical (unpaired) electrons. The number of hydrogen-bond acceptors (Lipinski definition) is 5. The third-order valence-electron chi connectivity index (χ3n) is 2.34. The number of carbonyl (C=O) groups excluding carboxylic acids is 1. The maximum absolute atomic E-state index is 11.6. The first-order chi connectivity index (χ1) is 7.95. The summed E-state index contributed by atoms with van der Waals surface area (Å²) in [5, 5.41) is 11.7. The molecule has 0 aliphatic heterocycles. The van der Waals surface area contributed by atoms with Crippen LogP contribution in [0.3, 0.4) is 0 Å². The molecule has 17 heavy (non-hydrogen) atoms. The van der Waals surface area contributed by atoms with Gasteiger partial charge in [-0.3, -0.25) is 4.79 Å². The zero-order valence-corrected chi connectivity index (χ0v) is 9.81. The van der Waals surface area contributed by atoms with Gasteiger partial charge in [0.25, 0.3) is 0 Å². The highest BCUT2D eigenvalue weighted by molar-refractivity contribution is 5.97. The number of nitrogens with one attached hydrogen (secondary N) is 1. The van der Waals surface area contributed by atoms with E-state index in [-0.39, 0.29) is 0 Å². The number of aliphatic hydroxyl groups excluding tert-OH is 1. The number of carbonyl (C=O) groups is 1. The average Bonchev–Trinajstić information content (AvgIpc) is 2.30. The summed E-state index contributed by atoms with van der Waals surface area (Å²) in [4.78, 5) is 11.6. The van der Waals surface area contributed by atoms with Crippen molar-refractivity contribution in [1.82, 2.24) is 0 Å². The summed E-state index contributed by atoms with van der Waals surface area (Å²) in [6, 6.07) is 3.88. The van der Waals surface area contributed by atoms with Gasteiger partial charge in [-0.1, -0.05) is 0 Å². The smallest absolute Gasteiger partial charge is 0.244 e. The van der Waals surface area contributed by atoms with Gasteiger partial charge in [0.1, 0.15) is 11.8 Å². The standard InChI is InChI=1S/C11H17N3O3/c1-6(15)10(13)11(16)14-9-5-7(17-2)3-4-8(9)12/h3-6,10,15H,12-13H2,1-2H3,(H,14,16). The predicted octanol–water partition coefficient (Wildman–Crippen LogP) is -0.0760. The molecule has 1 rings (SSSR count). The second-order valence-electron chi connectivity index (χ2n) is 3.71. The molecule has 0 saturated carbocycles. The van der Waals surface area contributed by atoms with Crippen LogP contribution in [-0.4, -0.2) is 30.3 Å². The van der Waals surface area contributed by atoms with E-state index >= 15 is 0 Å². The third kappa shape index (κ3) is 3.33. The van der Waals surface area contributed by atoms with Crippen molar-refractivity contribution in [2.24, 2.45) is 5.73 Å². The van der Waals surface area contributed by atoms with Gasteiger partial charge < -0.3 is 26.6 Å². The molecule has 1 aromatic rings. The van der Waals surface area contributed by atoms with E-state index in [9.17, 15) is 9.90 Å². The zero-order chi connectivity index (χ0) is 13.0. The first kappa shape index (κ1) is 13.3. The normalized spacial score (nSPS) is 13.9. The number of nitrogen functional groups attached to an aromatic ring is 1. The highest BCUT2D eigenvalue weighted by Crippen LogP contribution is 2.24. The molecule has 0 spiro atoms. The molecule has 0 fully saturated rings. The van der Waals surface area contributed by atoms with Crippen molar-refractivity contribution in [3.05, 3.63) is 18.2 Å². The Morgan fingerprint density at radius 2 is 2.18 bits per heavy atom. The van der Waals surface area contributed by atoms with Crippen molar-refractivity contribution < 1.29 is 14.6 Å².